The Morgan fingerprint density at radius 2 is 1.87 bits per heavy atom. The van der Waals surface area contributed by atoms with Crippen LogP contribution in [0, 0.1) is 5.92 Å². The lowest BCUT2D eigenvalue weighted by atomic mass is 9.89. The van der Waals surface area contributed by atoms with Gasteiger partial charge in [-0.15, -0.1) is 0 Å². The summed E-state index contributed by atoms with van der Waals surface area (Å²) >= 11 is 0. The van der Waals surface area contributed by atoms with Gasteiger partial charge in [-0.2, -0.15) is 18.3 Å². The van der Waals surface area contributed by atoms with Crippen molar-refractivity contribution in [2.24, 2.45) is 5.92 Å². The molecule has 1 aliphatic rings. The van der Waals surface area contributed by atoms with Gasteiger partial charge in [0.2, 0.25) is 0 Å². The highest BCUT2D eigenvalue weighted by atomic mass is 32.2. The van der Waals surface area contributed by atoms with Crippen molar-refractivity contribution in [2.75, 3.05) is 25.2 Å². The van der Waals surface area contributed by atoms with Crippen molar-refractivity contribution >= 4 is 21.4 Å². The smallest absolute Gasteiger partial charge is 0.408 e. The Bertz CT molecular complexity index is 1240. The number of anilines is 1. The Balaban J connectivity index is 1.82. The molecule has 1 amide bonds. The zero-order chi connectivity index (χ0) is 28.3. The minimum Gasteiger partial charge on any atom is -0.496 e. The number of rotatable bonds is 10. The molecule has 0 saturated heterocycles. The number of methoxy groups -OCH3 is 1. The van der Waals surface area contributed by atoms with Gasteiger partial charge in [0, 0.05) is 42.2 Å². The summed E-state index contributed by atoms with van der Waals surface area (Å²) in [6.07, 6.45) is 0.0515. The van der Waals surface area contributed by atoms with Gasteiger partial charge in [-0.3, -0.25) is 9.48 Å². The van der Waals surface area contributed by atoms with Crippen LogP contribution in [-0.4, -0.2) is 61.5 Å². The lowest BCUT2D eigenvalue weighted by Gasteiger charge is -2.27. The number of aryl methyl sites for hydroxylation is 1. The Kier molecular flexibility index (Phi) is 9.38. The number of halogens is 3. The molecule has 0 bridgehead atoms. The van der Waals surface area contributed by atoms with Gasteiger partial charge in [-0.1, -0.05) is 6.92 Å². The highest BCUT2D eigenvalue weighted by Gasteiger charge is 2.36. The molecule has 0 unspecified atom stereocenters. The maximum atomic E-state index is 13.2. The molecule has 1 heterocycles. The van der Waals surface area contributed by atoms with E-state index in [0.717, 1.165) is 19.8 Å². The van der Waals surface area contributed by atoms with Gasteiger partial charge < -0.3 is 15.4 Å². The maximum Gasteiger partial charge on any atom is 0.408 e. The monoisotopic (exact) mass is 558 g/mol. The predicted molar refractivity (Wildman–Crippen MR) is 141 cm³/mol. The van der Waals surface area contributed by atoms with Crippen molar-refractivity contribution in [3.63, 3.8) is 0 Å². The number of ether oxygens (including phenoxy) is 1. The third kappa shape index (κ3) is 6.81. The zero-order valence-corrected chi connectivity index (χ0v) is 23.3. The molecule has 1 aromatic carbocycles. The van der Waals surface area contributed by atoms with E-state index in [0.29, 0.717) is 60.6 Å². The summed E-state index contributed by atoms with van der Waals surface area (Å²) < 4.78 is 69.9. The van der Waals surface area contributed by atoms with E-state index in [-0.39, 0.29) is 22.8 Å². The molecular weight excluding hydrogens is 521 g/mol. The van der Waals surface area contributed by atoms with E-state index < -0.39 is 22.1 Å². The third-order valence-electron chi connectivity index (χ3n) is 7.20. The summed E-state index contributed by atoms with van der Waals surface area (Å²) in [6, 6.07) is 3.01. The highest BCUT2D eigenvalue weighted by molar-refractivity contribution is 7.91. The number of alkyl halides is 3. The van der Waals surface area contributed by atoms with Crippen LogP contribution in [0.3, 0.4) is 0 Å². The number of hydrogen-bond acceptors (Lipinski definition) is 6. The van der Waals surface area contributed by atoms with Gasteiger partial charge >= 0.3 is 6.18 Å². The molecule has 0 aliphatic heterocycles. The van der Waals surface area contributed by atoms with Crippen molar-refractivity contribution in [2.45, 2.75) is 76.9 Å². The fourth-order valence-electron chi connectivity index (χ4n) is 4.94. The molecule has 0 radical (unpaired) electrons. The summed E-state index contributed by atoms with van der Waals surface area (Å²) in [7, 11) is -1.60. The number of nitrogens with one attached hydrogen (secondary N) is 2. The summed E-state index contributed by atoms with van der Waals surface area (Å²) in [5.74, 6) is 0.258. The first-order valence-corrected chi connectivity index (χ1v) is 14.8. The van der Waals surface area contributed by atoms with Gasteiger partial charge in [0.1, 0.15) is 21.6 Å². The molecule has 2 aromatic rings. The van der Waals surface area contributed by atoms with E-state index in [1.165, 1.54) is 19.4 Å². The van der Waals surface area contributed by atoms with Crippen molar-refractivity contribution < 1.29 is 31.1 Å². The van der Waals surface area contributed by atoms with Gasteiger partial charge in [-0.25, -0.2) is 8.42 Å². The molecule has 2 N–H and O–H groups in total. The molecular formula is C26H37F3N4O4S. The van der Waals surface area contributed by atoms with Gasteiger partial charge in [-0.05, 0) is 64.0 Å². The van der Waals surface area contributed by atoms with Crippen LogP contribution >= 0.6 is 0 Å². The van der Waals surface area contributed by atoms with E-state index in [1.54, 1.807) is 16.8 Å². The van der Waals surface area contributed by atoms with E-state index in [1.807, 2.05) is 13.8 Å². The topological polar surface area (TPSA) is 102 Å². The van der Waals surface area contributed by atoms with Crippen LogP contribution in [0.25, 0.3) is 11.3 Å². The van der Waals surface area contributed by atoms with Crippen molar-refractivity contribution in [3.05, 3.63) is 29.5 Å². The molecule has 8 nitrogen and oxygen atoms in total. The number of aromatic nitrogens is 2. The molecule has 1 atom stereocenters. The Labute approximate surface area is 222 Å². The molecule has 212 valence electrons. The molecule has 0 spiro atoms. The molecule has 1 aliphatic carbocycles. The summed E-state index contributed by atoms with van der Waals surface area (Å²) in [5, 5.41) is 9.68. The van der Waals surface area contributed by atoms with Crippen LogP contribution < -0.4 is 15.4 Å². The van der Waals surface area contributed by atoms with E-state index in [2.05, 4.69) is 15.7 Å². The van der Waals surface area contributed by atoms with Crippen LogP contribution in [0.4, 0.5) is 18.9 Å². The number of amides is 1. The van der Waals surface area contributed by atoms with Gasteiger partial charge in [0.25, 0.3) is 5.91 Å². The van der Waals surface area contributed by atoms with E-state index >= 15 is 0 Å². The van der Waals surface area contributed by atoms with Gasteiger partial charge in [0.05, 0.1) is 18.1 Å². The number of carbonyl (C=O) groups is 1. The molecule has 1 saturated carbocycles. The second-order valence-corrected chi connectivity index (χ2v) is 12.2. The average Bonchev–Trinajstić information content (AvgIpc) is 3.25. The van der Waals surface area contributed by atoms with E-state index in [4.69, 9.17) is 4.74 Å². The van der Waals surface area contributed by atoms with Crippen molar-refractivity contribution in [3.8, 4) is 17.0 Å². The molecule has 38 heavy (non-hydrogen) atoms. The van der Waals surface area contributed by atoms with Crippen LogP contribution in [0.1, 0.15) is 62.5 Å². The minimum atomic E-state index is -4.39. The maximum absolute atomic E-state index is 13.2. The van der Waals surface area contributed by atoms with Gasteiger partial charge in [0.15, 0.2) is 5.69 Å². The standard InChI is InChI=1S/C26H37F3N4O4S/c1-6-20-23(25(34)30-15-17-8-11-19(12-9-17)38(5,35)36)32-33(7-2)24(20)21-13-10-18(14-22(21)37-4)31-16(3)26(27,28)29/h10,13-14,16-17,19,31H,6-9,11-12,15H2,1-5H3,(H,30,34)/t16-,17?,19?/m1/s1. The second-order valence-electron chi connectivity index (χ2n) is 9.85. The summed E-state index contributed by atoms with van der Waals surface area (Å²) in [6.45, 7) is 5.76. The van der Waals surface area contributed by atoms with Crippen LogP contribution in [-0.2, 0) is 22.8 Å². The van der Waals surface area contributed by atoms with E-state index in [9.17, 15) is 26.4 Å². The first-order valence-electron chi connectivity index (χ1n) is 12.9. The largest absolute Gasteiger partial charge is 0.496 e. The highest BCUT2D eigenvalue weighted by Crippen LogP contribution is 2.37. The average molecular weight is 559 g/mol. The van der Waals surface area contributed by atoms with Crippen LogP contribution in [0.2, 0.25) is 0 Å². The van der Waals surface area contributed by atoms with Crippen LogP contribution in [0.15, 0.2) is 18.2 Å². The Morgan fingerprint density at radius 3 is 2.39 bits per heavy atom. The first kappa shape index (κ1) is 29.8. The number of carbonyl (C=O) groups excluding carboxylic acids is 1. The molecule has 3 rings (SSSR count). The zero-order valence-electron chi connectivity index (χ0n) is 22.5. The summed E-state index contributed by atoms with van der Waals surface area (Å²) in [4.78, 5) is 13.2. The van der Waals surface area contributed by atoms with Crippen molar-refractivity contribution in [1.82, 2.24) is 15.1 Å². The Morgan fingerprint density at radius 1 is 1.21 bits per heavy atom. The lowest BCUT2D eigenvalue weighted by Crippen LogP contribution is -2.34. The minimum absolute atomic E-state index is 0.203. The predicted octanol–water partition coefficient (Wildman–Crippen LogP) is 4.84. The molecule has 12 heteroatoms. The first-order chi connectivity index (χ1) is 17.8. The second kappa shape index (κ2) is 12.0. The number of hydrogen-bond donors (Lipinski definition) is 2. The molecule has 1 fully saturated rings. The quantitative estimate of drug-likeness (QED) is 0.433. The number of sulfone groups is 1. The molecule has 1 aromatic heterocycles. The SMILES string of the molecule is CCc1c(C(=O)NCC2CCC(S(C)(=O)=O)CC2)nn(CC)c1-c1ccc(N[C@H](C)C(F)(F)F)cc1OC. The third-order valence-corrected chi connectivity index (χ3v) is 8.88. The lowest BCUT2D eigenvalue weighted by molar-refractivity contribution is -0.138. The normalized spacial score (nSPS) is 19.2. The van der Waals surface area contributed by atoms with Crippen LogP contribution in [0.5, 0.6) is 5.75 Å². The summed E-state index contributed by atoms with van der Waals surface area (Å²) in [5.41, 5.74) is 2.58. The fourth-order valence-corrected chi connectivity index (χ4v) is 6.07. The number of nitrogens with zero attached hydrogens (tertiary/aromatic N) is 2. The fraction of sp³-hybridized carbons (Fsp3) is 0.615. The van der Waals surface area contributed by atoms with Crippen molar-refractivity contribution in [1.29, 1.82) is 0 Å². The Hall–Kier alpha value is -2.76. The number of benzene rings is 1.